The van der Waals surface area contributed by atoms with Crippen molar-refractivity contribution in [2.45, 2.75) is 20.3 Å². The molecule has 90 valence electrons. The molecule has 1 rings (SSSR count). The van der Waals surface area contributed by atoms with Crippen molar-refractivity contribution in [1.82, 2.24) is 0 Å². The van der Waals surface area contributed by atoms with Crippen LogP contribution in [0, 0.1) is 5.41 Å². The van der Waals surface area contributed by atoms with E-state index in [2.05, 4.69) is 13.8 Å². The summed E-state index contributed by atoms with van der Waals surface area (Å²) in [7, 11) is 1.65. The van der Waals surface area contributed by atoms with Gasteiger partial charge >= 0.3 is 0 Å². The number of ether oxygens (including phenoxy) is 2. The number of hydrogen-bond acceptors (Lipinski definition) is 2. The highest BCUT2D eigenvalue weighted by Crippen LogP contribution is 2.23. The molecule has 0 fully saturated rings. The van der Waals surface area contributed by atoms with Gasteiger partial charge in [0.25, 0.3) is 0 Å². The summed E-state index contributed by atoms with van der Waals surface area (Å²) < 4.78 is 10.7. The zero-order valence-electron chi connectivity index (χ0n) is 10.1. The average molecular weight is 243 g/mol. The molecular weight excluding hydrogens is 224 g/mol. The van der Waals surface area contributed by atoms with E-state index in [4.69, 9.17) is 21.1 Å². The highest BCUT2D eigenvalue weighted by Gasteiger charge is 2.15. The average Bonchev–Trinajstić information content (AvgIpc) is 2.30. The van der Waals surface area contributed by atoms with Crippen molar-refractivity contribution in [3.63, 3.8) is 0 Å². The maximum atomic E-state index is 5.84. The Bertz CT molecular complexity index is 306. The van der Waals surface area contributed by atoms with Gasteiger partial charge in [0.2, 0.25) is 0 Å². The lowest BCUT2D eigenvalue weighted by Gasteiger charge is -2.21. The van der Waals surface area contributed by atoms with Crippen molar-refractivity contribution in [3.8, 4) is 11.5 Å². The van der Waals surface area contributed by atoms with Crippen molar-refractivity contribution >= 4 is 11.6 Å². The normalized spacial score (nSPS) is 11.2. The van der Waals surface area contributed by atoms with Crippen molar-refractivity contribution < 1.29 is 9.47 Å². The van der Waals surface area contributed by atoms with Crippen molar-refractivity contribution in [3.05, 3.63) is 24.3 Å². The molecule has 0 N–H and O–H groups in total. The predicted octanol–water partition coefficient (Wildman–Crippen LogP) is 3.73. The van der Waals surface area contributed by atoms with E-state index in [1.54, 1.807) is 7.11 Å². The maximum Gasteiger partial charge on any atom is 0.119 e. The van der Waals surface area contributed by atoms with Gasteiger partial charge in [0.1, 0.15) is 11.5 Å². The van der Waals surface area contributed by atoms with Crippen LogP contribution in [0.15, 0.2) is 24.3 Å². The molecule has 0 atom stereocenters. The molecule has 1 aromatic carbocycles. The van der Waals surface area contributed by atoms with Gasteiger partial charge in [-0.2, -0.15) is 0 Å². The van der Waals surface area contributed by atoms with E-state index in [1.165, 1.54) is 0 Å². The fourth-order valence-corrected chi connectivity index (χ4v) is 1.32. The Morgan fingerprint density at radius 1 is 1.12 bits per heavy atom. The van der Waals surface area contributed by atoms with E-state index in [0.717, 1.165) is 17.9 Å². The lowest BCUT2D eigenvalue weighted by Crippen LogP contribution is -2.17. The fraction of sp³-hybridized carbons (Fsp3) is 0.538. The van der Waals surface area contributed by atoms with Crippen molar-refractivity contribution in [2.24, 2.45) is 5.41 Å². The summed E-state index contributed by atoms with van der Waals surface area (Å²) in [4.78, 5) is 0. The van der Waals surface area contributed by atoms with Crippen LogP contribution in [0.5, 0.6) is 11.5 Å². The number of methoxy groups -OCH3 is 1. The summed E-state index contributed by atoms with van der Waals surface area (Å²) in [5.74, 6) is 2.36. The van der Waals surface area contributed by atoms with E-state index >= 15 is 0 Å². The fourth-order valence-electron chi connectivity index (χ4n) is 1.18. The molecule has 0 amide bonds. The monoisotopic (exact) mass is 242 g/mol. The van der Waals surface area contributed by atoms with Gasteiger partial charge in [-0.15, -0.1) is 11.6 Å². The zero-order chi connectivity index (χ0) is 12.0. The SMILES string of the molecule is COc1ccc(OCCC(C)(C)CCl)cc1. The van der Waals surface area contributed by atoms with Gasteiger partial charge in [-0.1, -0.05) is 13.8 Å². The smallest absolute Gasteiger partial charge is 0.119 e. The Morgan fingerprint density at radius 2 is 1.69 bits per heavy atom. The van der Waals surface area contributed by atoms with E-state index in [9.17, 15) is 0 Å². The van der Waals surface area contributed by atoms with Gasteiger partial charge in [-0.25, -0.2) is 0 Å². The molecule has 0 aromatic heterocycles. The minimum Gasteiger partial charge on any atom is -0.497 e. The first kappa shape index (κ1) is 13.2. The van der Waals surface area contributed by atoms with Gasteiger partial charge in [0.05, 0.1) is 13.7 Å². The molecule has 0 unspecified atom stereocenters. The third kappa shape index (κ3) is 4.31. The Morgan fingerprint density at radius 3 is 2.19 bits per heavy atom. The third-order valence-electron chi connectivity index (χ3n) is 2.47. The van der Waals surface area contributed by atoms with Crippen LogP contribution in [0.1, 0.15) is 20.3 Å². The van der Waals surface area contributed by atoms with E-state index in [0.29, 0.717) is 12.5 Å². The molecule has 0 radical (unpaired) electrons. The number of hydrogen-bond donors (Lipinski definition) is 0. The van der Waals surface area contributed by atoms with Gasteiger partial charge in [-0.05, 0) is 36.1 Å². The molecule has 0 aliphatic rings. The second kappa shape index (κ2) is 6.00. The van der Waals surface area contributed by atoms with Gasteiger partial charge in [-0.3, -0.25) is 0 Å². The summed E-state index contributed by atoms with van der Waals surface area (Å²) in [5, 5.41) is 0. The van der Waals surface area contributed by atoms with E-state index < -0.39 is 0 Å². The quantitative estimate of drug-likeness (QED) is 0.708. The Balaban J connectivity index is 2.37. The van der Waals surface area contributed by atoms with Gasteiger partial charge in [0, 0.05) is 5.88 Å². The van der Waals surface area contributed by atoms with Gasteiger partial charge in [0.15, 0.2) is 0 Å². The molecular formula is C13H19ClO2. The number of benzene rings is 1. The molecule has 3 heteroatoms. The molecule has 2 nitrogen and oxygen atoms in total. The second-order valence-electron chi connectivity index (χ2n) is 4.57. The Kier molecular flexibility index (Phi) is 4.94. The summed E-state index contributed by atoms with van der Waals surface area (Å²) in [6.45, 7) is 4.96. The largest absolute Gasteiger partial charge is 0.497 e. The van der Waals surface area contributed by atoms with Crippen LogP contribution in [0.4, 0.5) is 0 Å². The summed E-state index contributed by atoms with van der Waals surface area (Å²) in [5.41, 5.74) is 0.133. The third-order valence-corrected chi connectivity index (χ3v) is 3.19. The minimum atomic E-state index is 0.133. The van der Waals surface area contributed by atoms with Crippen LogP contribution >= 0.6 is 11.6 Å². The summed E-state index contributed by atoms with van der Waals surface area (Å²) >= 11 is 5.84. The summed E-state index contributed by atoms with van der Waals surface area (Å²) in [6, 6.07) is 7.60. The number of rotatable bonds is 6. The molecule has 0 aliphatic heterocycles. The first-order chi connectivity index (χ1) is 7.57. The molecule has 1 aromatic rings. The summed E-state index contributed by atoms with van der Waals surface area (Å²) in [6.07, 6.45) is 0.947. The van der Waals surface area contributed by atoms with Crippen LogP contribution in [0.2, 0.25) is 0 Å². The van der Waals surface area contributed by atoms with Crippen LogP contribution in [-0.4, -0.2) is 19.6 Å². The lowest BCUT2D eigenvalue weighted by molar-refractivity contribution is 0.245. The van der Waals surface area contributed by atoms with Crippen LogP contribution < -0.4 is 9.47 Å². The molecule has 0 heterocycles. The molecule has 0 spiro atoms. The van der Waals surface area contributed by atoms with Gasteiger partial charge < -0.3 is 9.47 Å². The Hall–Kier alpha value is -0.890. The molecule has 0 saturated heterocycles. The number of alkyl halides is 1. The van der Waals surface area contributed by atoms with E-state index in [-0.39, 0.29) is 5.41 Å². The minimum absolute atomic E-state index is 0.133. The molecule has 16 heavy (non-hydrogen) atoms. The topological polar surface area (TPSA) is 18.5 Å². The molecule has 0 saturated carbocycles. The van der Waals surface area contributed by atoms with Crippen molar-refractivity contribution in [2.75, 3.05) is 19.6 Å². The lowest BCUT2D eigenvalue weighted by atomic mass is 9.93. The Labute approximate surface area is 103 Å². The zero-order valence-corrected chi connectivity index (χ0v) is 10.9. The van der Waals surface area contributed by atoms with Crippen LogP contribution in [0.25, 0.3) is 0 Å². The standard InChI is InChI=1S/C13H19ClO2/c1-13(2,10-14)8-9-16-12-6-4-11(15-3)5-7-12/h4-7H,8-10H2,1-3H3. The highest BCUT2D eigenvalue weighted by molar-refractivity contribution is 6.18. The molecule has 0 bridgehead atoms. The first-order valence-corrected chi connectivity index (χ1v) is 5.94. The first-order valence-electron chi connectivity index (χ1n) is 5.40. The van der Waals surface area contributed by atoms with Crippen LogP contribution in [-0.2, 0) is 0 Å². The van der Waals surface area contributed by atoms with E-state index in [1.807, 2.05) is 24.3 Å². The second-order valence-corrected chi connectivity index (χ2v) is 4.84. The maximum absolute atomic E-state index is 5.84. The van der Waals surface area contributed by atoms with Crippen LogP contribution in [0.3, 0.4) is 0 Å². The van der Waals surface area contributed by atoms with Crippen molar-refractivity contribution in [1.29, 1.82) is 0 Å². The highest BCUT2D eigenvalue weighted by atomic mass is 35.5. The predicted molar refractivity (Wildman–Crippen MR) is 67.6 cm³/mol. The number of halogens is 1. The molecule has 0 aliphatic carbocycles.